The van der Waals surface area contributed by atoms with Gasteiger partial charge >= 0.3 is 0 Å². The fourth-order valence-corrected chi connectivity index (χ4v) is 2.67. The van der Waals surface area contributed by atoms with E-state index in [2.05, 4.69) is 18.5 Å². The molecular weight excluding hydrogens is 432 g/mol. The molecule has 0 heterocycles. The van der Waals surface area contributed by atoms with Crippen LogP contribution in [0, 0.1) is 0 Å². The zero-order chi connectivity index (χ0) is 19.9. The van der Waals surface area contributed by atoms with Gasteiger partial charge in [-0.3, -0.25) is 10.3 Å². The second-order valence-corrected chi connectivity index (χ2v) is 7.41. The highest BCUT2D eigenvalue weighted by Gasteiger charge is 2.10. The Balaban J connectivity index is 2.24. The molecule has 1 aromatic rings. The Labute approximate surface area is 181 Å². The molecule has 27 heavy (non-hydrogen) atoms. The lowest BCUT2D eigenvalue weighted by Crippen LogP contribution is -2.09. The predicted molar refractivity (Wildman–Crippen MR) is 114 cm³/mol. The Hall–Kier alpha value is -0.780. The molecule has 0 radical (unpaired) electrons. The Morgan fingerprint density at radius 1 is 1.04 bits per heavy atom. The van der Waals surface area contributed by atoms with Gasteiger partial charge in [0.15, 0.2) is 5.75 Å². The van der Waals surface area contributed by atoms with Gasteiger partial charge in [-0.05, 0) is 25.3 Å². The second-order valence-electron chi connectivity index (χ2n) is 5.59. The van der Waals surface area contributed by atoms with Gasteiger partial charge in [0.25, 0.3) is 0 Å². The van der Waals surface area contributed by atoms with Crippen molar-refractivity contribution in [2.75, 3.05) is 19.8 Å². The zero-order valence-electron chi connectivity index (χ0n) is 15.3. The fraction of sp³-hybridized carbons (Fsp3) is 0.474. The average molecular weight is 457 g/mol. The van der Waals surface area contributed by atoms with E-state index in [1.165, 1.54) is 18.9 Å². The summed E-state index contributed by atoms with van der Waals surface area (Å²) in [5.41, 5.74) is 2.80. The van der Waals surface area contributed by atoms with Crippen LogP contribution in [0.3, 0.4) is 0 Å². The van der Waals surface area contributed by atoms with Crippen molar-refractivity contribution in [2.24, 2.45) is 0 Å². The van der Waals surface area contributed by atoms with Crippen LogP contribution in [0.25, 0.3) is 0 Å². The van der Waals surface area contributed by atoms with Gasteiger partial charge in [0, 0.05) is 18.3 Å². The van der Waals surface area contributed by atoms with Crippen LogP contribution < -0.4 is 15.0 Å². The van der Waals surface area contributed by atoms with Crippen LogP contribution in [0.5, 0.6) is 11.5 Å². The van der Waals surface area contributed by atoms with Crippen LogP contribution in [0.2, 0.25) is 10.0 Å². The van der Waals surface area contributed by atoms with E-state index < -0.39 is 0 Å². The highest BCUT2D eigenvalue weighted by molar-refractivity contribution is 6.55. The molecule has 0 aliphatic carbocycles. The van der Waals surface area contributed by atoms with Gasteiger partial charge < -0.3 is 9.47 Å². The van der Waals surface area contributed by atoms with Gasteiger partial charge in [0.1, 0.15) is 16.8 Å². The van der Waals surface area contributed by atoms with Crippen molar-refractivity contribution in [3.63, 3.8) is 0 Å². The number of hydrogen-bond donors (Lipinski definition) is 1. The third kappa shape index (κ3) is 11.6. The summed E-state index contributed by atoms with van der Waals surface area (Å²) in [6.07, 6.45) is 10.5. The Kier molecular flexibility index (Phi) is 13.6. The van der Waals surface area contributed by atoms with Crippen LogP contribution >= 0.6 is 46.4 Å². The first-order valence-electron chi connectivity index (χ1n) is 8.82. The van der Waals surface area contributed by atoms with E-state index in [4.69, 9.17) is 60.7 Å². The maximum absolute atomic E-state index is 6.21. The summed E-state index contributed by atoms with van der Waals surface area (Å²) >= 11 is 23.5. The number of ether oxygens (including phenoxy) is 2. The van der Waals surface area contributed by atoms with Crippen LogP contribution in [-0.2, 0) is 4.84 Å². The maximum atomic E-state index is 6.21. The summed E-state index contributed by atoms with van der Waals surface area (Å²) in [5.74, 6) is 0.948. The van der Waals surface area contributed by atoms with E-state index in [0.29, 0.717) is 34.8 Å². The van der Waals surface area contributed by atoms with Crippen molar-refractivity contribution in [1.29, 1.82) is 0 Å². The Morgan fingerprint density at radius 2 is 1.74 bits per heavy atom. The van der Waals surface area contributed by atoms with E-state index in [1.54, 1.807) is 12.1 Å². The molecule has 0 saturated carbocycles. The van der Waals surface area contributed by atoms with E-state index in [9.17, 15) is 0 Å². The summed E-state index contributed by atoms with van der Waals surface area (Å²) in [4.78, 5) is 5.30. The summed E-state index contributed by atoms with van der Waals surface area (Å²) in [7, 11) is 0. The molecule has 0 bridgehead atoms. The van der Waals surface area contributed by atoms with Crippen LogP contribution in [0.15, 0.2) is 35.0 Å². The van der Waals surface area contributed by atoms with Gasteiger partial charge in [-0.1, -0.05) is 72.2 Å². The highest BCUT2D eigenvalue weighted by atomic mass is 35.5. The lowest BCUT2D eigenvalue weighted by atomic mass is 10.2. The molecule has 1 N–H and O–H groups in total. The average Bonchev–Trinajstić information content (AvgIpc) is 2.61. The molecule has 1 aromatic carbocycles. The van der Waals surface area contributed by atoms with Crippen LogP contribution in [0.4, 0.5) is 0 Å². The normalized spacial score (nSPS) is 10.9. The third-order valence-corrected chi connectivity index (χ3v) is 4.21. The van der Waals surface area contributed by atoms with E-state index in [1.807, 2.05) is 6.20 Å². The van der Waals surface area contributed by atoms with Gasteiger partial charge in [-0.2, -0.15) is 0 Å². The highest BCUT2D eigenvalue weighted by Crippen LogP contribution is 2.37. The molecule has 0 aromatic heterocycles. The minimum Gasteiger partial charge on any atom is -0.490 e. The van der Waals surface area contributed by atoms with Gasteiger partial charge in [-0.25, -0.2) is 0 Å². The molecule has 1 rings (SSSR count). The molecular formula is C19H25Cl4NO3. The van der Waals surface area contributed by atoms with Crippen molar-refractivity contribution < 1.29 is 14.3 Å². The largest absolute Gasteiger partial charge is 0.490 e. The van der Waals surface area contributed by atoms with Gasteiger partial charge in [0.2, 0.25) is 0 Å². The van der Waals surface area contributed by atoms with Crippen molar-refractivity contribution in [3.05, 3.63) is 45.0 Å². The maximum Gasteiger partial charge on any atom is 0.156 e. The predicted octanol–water partition coefficient (Wildman–Crippen LogP) is 7.08. The number of allylic oxidation sites excluding steroid dienone is 1. The van der Waals surface area contributed by atoms with E-state index in [-0.39, 0.29) is 11.1 Å². The molecule has 0 spiro atoms. The number of rotatable bonds is 14. The monoisotopic (exact) mass is 455 g/mol. The molecule has 0 amide bonds. The lowest BCUT2D eigenvalue weighted by molar-refractivity contribution is 0.0661. The number of halogens is 4. The Bertz CT molecular complexity index is 582. The van der Waals surface area contributed by atoms with E-state index >= 15 is 0 Å². The SMILES string of the molecule is CCCCC=CNOCCCCOc1c(Cl)cc(OCC=C(Cl)Cl)cc1Cl. The smallest absolute Gasteiger partial charge is 0.156 e. The molecule has 152 valence electrons. The number of benzene rings is 1. The van der Waals surface area contributed by atoms with Crippen molar-refractivity contribution in [3.8, 4) is 11.5 Å². The molecule has 0 unspecified atom stereocenters. The molecule has 0 fully saturated rings. The molecule has 8 heteroatoms. The zero-order valence-corrected chi connectivity index (χ0v) is 18.3. The number of nitrogens with one attached hydrogen (secondary N) is 1. The van der Waals surface area contributed by atoms with Gasteiger partial charge in [-0.15, -0.1) is 0 Å². The number of hydroxylamine groups is 1. The first kappa shape index (κ1) is 24.3. The fourth-order valence-electron chi connectivity index (χ4n) is 1.97. The third-order valence-electron chi connectivity index (χ3n) is 3.34. The quantitative estimate of drug-likeness (QED) is 0.240. The summed E-state index contributed by atoms with van der Waals surface area (Å²) in [6, 6.07) is 3.27. The first-order valence-corrected chi connectivity index (χ1v) is 10.3. The molecule has 0 atom stereocenters. The van der Waals surface area contributed by atoms with Gasteiger partial charge in [0.05, 0.1) is 23.3 Å². The number of hydrogen-bond acceptors (Lipinski definition) is 4. The summed E-state index contributed by atoms with van der Waals surface area (Å²) in [5, 5.41) is 0.766. The van der Waals surface area contributed by atoms with Crippen molar-refractivity contribution in [2.45, 2.75) is 39.0 Å². The summed E-state index contributed by atoms with van der Waals surface area (Å²) < 4.78 is 11.3. The molecule has 0 aliphatic heterocycles. The topological polar surface area (TPSA) is 39.7 Å². The van der Waals surface area contributed by atoms with Crippen molar-refractivity contribution in [1.82, 2.24) is 5.48 Å². The van der Waals surface area contributed by atoms with Crippen LogP contribution in [0.1, 0.15) is 39.0 Å². The lowest BCUT2D eigenvalue weighted by Gasteiger charge is -2.12. The van der Waals surface area contributed by atoms with E-state index in [0.717, 1.165) is 19.3 Å². The molecule has 4 nitrogen and oxygen atoms in total. The minimum atomic E-state index is 0.138. The molecule has 0 saturated heterocycles. The standard InChI is InChI=1S/C19H25Cl4NO3/c1-2-3-4-5-9-24-27-11-7-6-10-26-19-16(20)13-15(14-17(19)21)25-12-8-18(22)23/h5,8-9,13-14,24H,2-4,6-7,10-12H2,1H3. The second kappa shape index (κ2) is 15.2. The van der Waals surface area contributed by atoms with Crippen molar-refractivity contribution >= 4 is 46.4 Å². The first-order chi connectivity index (χ1) is 13.0. The van der Waals surface area contributed by atoms with Crippen LogP contribution in [-0.4, -0.2) is 19.8 Å². The summed E-state index contributed by atoms with van der Waals surface area (Å²) in [6.45, 7) is 3.46. The number of unbranched alkanes of at least 4 members (excludes halogenated alkanes) is 3. The molecule has 0 aliphatic rings. The Morgan fingerprint density at radius 3 is 2.41 bits per heavy atom. The minimum absolute atomic E-state index is 0.138.